The lowest BCUT2D eigenvalue weighted by Gasteiger charge is -2.19. The van der Waals surface area contributed by atoms with Gasteiger partial charge in [0.15, 0.2) is 0 Å². The predicted octanol–water partition coefficient (Wildman–Crippen LogP) is 37.8. The summed E-state index contributed by atoms with van der Waals surface area (Å²) in [6.45, 7) is 0. The molecular formula is C132H82O3. The van der Waals surface area contributed by atoms with Gasteiger partial charge in [-0.2, -0.15) is 0 Å². The number of rotatable bonds is 10. The van der Waals surface area contributed by atoms with Gasteiger partial charge in [-0.3, -0.25) is 0 Å². The molecule has 0 saturated carbocycles. The van der Waals surface area contributed by atoms with Gasteiger partial charge >= 0.3 is 0 Å². The summed E-state index contributed by atoms with van der Waals surface area (Å²) in [5.74, 6) is 0. The summed E-state index contributed by atoms with van der Waals surface area (Å²) in [5.41, 5.74) is 30.1. The van der Waals surface area contributed by atoms with E-state index in [2.05, 4.69) is 461 Å². The van der Waals surface area contributed by atoms with Gasteiger partial charge in [-0.25, -0.2) is 0 Å². The maximum atomic E-state index is 6.15. The zero-order valence-electron chi connectivity index (χ0n) is 73.6. The van der Waals surface area contributed by atoms with Crippen LogP contribution in [0.1, 0.15) is 0 Å². The van der Waals surface area contributed by atoms with Crippen molar-refractivity contribution >= 4 is 163 Å². The van der Waals surface area contributed by atoms with Gasteiger partial charge in [-0.05, 0) is 299 Å². The lowest BCUT2D eigenvalue weighted by atomic mass is 9.84. The maximum absolute atomic E-state index is 6.15. The molecule has 628 valence electrons. The number of furan rings is 3. The topological polar surface area (TPSA) is 39.4 Å². The first kappa shape index (κ1) is 78.3. The zero-order valence-corrected chi connectivity index (χ0v) is 73.6. The van der Waals surface area contributed by atoms with Crippen LogP contribution in [0.2, 0.25) is 0 Å². The molecule has 0 spiro atoms. The van der Waals surface area contributed by atoms with Crippen LogP contribution in [0.3, 0.4) is 0 Å². The minimum absolute atomic E-state index is 0.913. The Labute approximate surface area is 779 Å². The summed E-state index contributed by atoms with van der Waals surface area (Å²) in [7, 11) is 0. The fourth-order valence-electron chi connectivity index (χ4n) is 21.6. The van der Waals surface area contributed by atoms with Crippen LogP contribution in [0.25, 0.3) is 274 Å². The molecule has 0 N–H and O–H groups in total. The summed E-state index contributed by atoms with van der Waals surface area (Å²) in [5, 5.41) is 29.6. The fourth-order valence-corrected chi connectivity index (χ4v) is 21.6. The molecule has 3 heteroatoms. The van der Waals surface area contributed by atoms with Crippen molar-refractivity contribution in [3.05, 3.63) is 497 Å². The predicted molar refractivity (Wildman–Crippen MR) is 573 cm³/mol. The molecule has 3 nitrogen and oxygen atoms in total. The van der Waals surface area contributed by atoms with Crippen LogP contribution in [0.15, 0.2) is 511 Å². The summed E-state index contributed by atoms with van der Waals surface area (Å²) in [4.78, 5) is 0. The van der Waals surface area contributed by atoms with E-state index in [1.165, 1.54) is 208 Å². The van der Waals surface area contributed by atoms with Gasteiger partial charge in [0, 0.05) is 32.3 Å². The summed E-state index contributed by atoms with van der Waals surface area (Å²) >= 11 is 0. The quantitative estimate of drug-likeness (QED) is 0.101. The van der Waals surface area contributed by atoms with Gasteiger partial charge in [0.05, 0.1) is 0 Å². The molecule has 0 fully saturated rings. The van der Waals surface area contributed by atoms with E-state index in [9.17, 15) is 0 Å². The molecule has 0 radical (unpaired) electrons. The first-order chi connectivity index (χ1) is 66.9. The summed E-state index contributed by atoms with van der Waals surface area (Å²) in [6.07, 6.45) is 0. The largest absolute Gasteiger partial charge is 0.456 e. The third kappa shape index (κ3) is 13.6. The van der Waals surface area contributed by atoms with Crippen molar-refractivity contribution < 1.29 is 13.3 Å². The Hall–Kier alpha value is -17.8. The van der Waals surface area contributed by atoms with Crippen molar-refractivity contribution in [1.29, 1.82) is 0 Å². The first-order valence-corrected chi connectivity index (χ1v) is 46.4. The zero-order chi connectivity index (χ0) is 89.0. The van der Waals surface area contributed by atoms with Crippen LogP contribution in [-0.4, -0.2) is 0 Å². The van der Waals surface area contributed by atoms with E-state index >= 15 is 0 Å². The molecular weight excluding hydrogens is 1630 g/mol. The van der Waals surface area contributed by atoms with Crippen molar-refractivity contribution in [2.45, 2.75) is 0 Å². The van der Waals surface area contributed by atoms with Crippen LogP contribution in [0, 0.1) is 0 Å². The second kappa shape index (κ2) is 32.7. The van der Waals surface area contributed by atoms with E-state index < -0.39 is 0 Å². The van der Waals surface area contributed by atoms with Gasteiger partial charge in [-0.15, -0.1) is 0 Å². The van der Waals surface area contributed by atoms with Crippen LogP contribution < -0.4 is 0 Å². The molecule has 25 aromatic carbocycles. The molecule has 0 unspecified atom stereocenters. The van der Waals surface area contributed by atoms with Gasteiger partial charge in [0.25, 0.3) is 0 Å². The molecule has 135 heavy (non-hydrogen) atoms. The lowest BCUT2D eigenvalue weighted by Crippen LogP contribution is -1.92. The average Bonchev–Trinajstić information content (AvgIpc) is 1.29. The molecule has 0 aliphatic carbocycles. The van der Waals surface area contributed by atoms with Gasteiger partial charge < -0.3 is 13.3 Å². The van der Waals surface area contributed by atoms with E-state index in [1.807, 2.05) is 36.4 Å². The Balaban J connectivity index is 0.000000107. The molecule has 0 bridgehead atoms. The highest BCUT2D eigenvalue weighted by molar-refractivity contribution is 6.26. The van der Waals surface area contributed by atoms with Crippen molar-refractivity contribution in [3.63, 3.8) is 0 Å². The normalized spacial score (nSPS) is 11.7. The Kier molecular flexibility index (Phi) is 19.0. The number of hydrogen-bond acceptors (Lipinski definition) is 3. The maximum Gasteiger partial charge on any atom is 0.135 e. The van der Waals surface area contributed by atoms with E-state index in [4.69, 9.17) is 13.3 Å². The Morgan fingerprint density at radius 2 is 0.326 bits per heavy atom. The highest BCUT2D eigenvalue weighted by atomic mass is 16.3. The molecule has 3 heterocycles. The smallest absolute Gasteiger partial charge is 0.135 e. The Bertz CT molecular complexity index is 9490. The number of fused-ring (bicyclic) bond motifs is 19. The Morgan fingerprint density at radius 3 is 0.689 bits per heavy atom. The lowest BCUT2D eigenvalue weighted by molar-refractivity contribution is 0.668. The van der Waals surface area contributed by atoms with Gasteiger partial charge in [0.1, 0.15) is 33.5 Å². The Morgan fingerprint density at radius 1 is 0.0963 bits per heavy atom. The summed E-state index contributed by atoms with van der Waals surface area (Å²) < 4.78 is 18.3. The standard InChI is InChI=1S/C52H32O.C42H26O.C38H24O/c1-2-18-39-36(13-1)32-47(41-20-4-3-19-40(39)41)35-15-12-17-38(30-35)52-45-24-7-5-22-43(45)51(44-23-6-8-25-46(44)52)37-16-11-14-33(29-37)34-27-28-50-48(31-34)42-21-9-10-26-49(42)53-50;1-2-11-28-24-32(21-20-27(28)10-1)42-36-17-5-3-15-34(36)41(35-16-4-6-18-37(35)42)31-13-9-12-29(25-31)30-22-23-40-38(26-30)33-14-7-8-19-39(33)43-40;1-2-11-25(12-3-1)37-30-16-4-6-18-32(30)38(33-19-7-5-17-31(33)37)28-14-10-13-26(23-28)27-21-22-36-34(24-27)29-15-8-9-20-35(29)39-36/h1-32H;1-26H;1-24H. The first-order valence-electron chi connectivity index (χ1n) is 46.4. The van der Waals surface area contributed by atoms with Crippen LogP contribution in [0.4, 0.5) is 0 Å². The minimum Gasteiger partial charge on any atom is -0.456 e. The highest BCUT2D eigenvalue weighted by Crippen LogP contribution is 2.51. The third-order valence-electron chi connectivity index (χ3n) is 27.7. The van der Waals surface area contributed by atoms with Crippen LogP contribution >= 0.6 is 0 Å². The highest BCUT2D eigenvalue weighted by Gasteiger charge is 2.24. The second-order valence-corrected chi connectivity index (χ2v) is 35.4. The fraction of sp³-hybridized carbons (Fsp3) is 0. The monoisotopic (exact) mass is 1710 g/mol. The van der Waals surface area contributed by atoms with Crippen molar-refractivity contribution in [3.8, 4) is 111 Å². The molecule has 0 atom stereocenters. The average molecular weight is 1720 g/mol. The molecule has 28 rings (SSSR count). The molecule has 0 aliphatic rings. The van der Waals surface area contributed by atoms with Crippen LogP contribution in [0.5, 0.6) is 0 Å². The summed E-state index contributed by atoms with van der Waals surface area (Å²) in [6, 6.07) is 180. The third-order valence-corrected chi connectivity index (χ3v) is 27.7. The second-order valence-electron chi connectivity index (χ2n) is 35.4. The van der Waals surface area contributed by atoms with Gasteiger partial charge in [0.2, 0.25) is 0 Å². The van der Waals surface area contributed by atoms with Crippen LogP contribution in [-0.2, 0) is 0 Å². The molecule has 0 aliphatic heterocycles. The number of hydrogen-bond donors (Lipinski definition) is 0. The number of benzene rings is 25. The minimum atomic E-state index is 0.913. The van der Waals surface area contributed by atoms with E-state index in [1.54, 1.807) is 0 Å². The van der Waals surface area contributed by atoms with Crippen molar-refractivity contribution in [1.82, 2.24) is 0 Å². The molecule has 0 saturated heterocycles. The van der Waals surface area contributed by atoms with E-state index in [0.29, 0.717) is 0 Å². The van der Waals surface area contributed by atoms with Gasteiger partial charge in [-0.1, -0.05) is 406 Å². The van der Waals surface area contributed by atoms with E-state index in [0.717, 1.165) is 65.8 Å². The molecule has 0 amide bonds. The SMILES string of the molecule is c1cc(-c2ccc3oc4ccccc4c3c2)cc(-c2c3ccccc3c(-c3ccc4ccccc4c3)c3ccccc23)c1.c1cc(-c2ccc3oc4ccccc4c3c2)cc(-c2c3ccccc3c(-c3cccc(-c4cc5ccccc5c5ccccc45)c3)c3ccccc23)c1.c1ccc(-c2c3ccccc3c(-c3cccc(-c4ccc5oc6ccccc6c5c4)c3)c3ccccc23)cc1. The number of para-hydroxylation sites is 3. The van der Waals surface area contributed by atoms with E-state index in [-0.39, 0.29) is 0 Å². The molecule has 28 aromatic rings. The van der Waals surface area contributed by atoms with Crippen molar-refractivity contribution in [2.75, 3.05) is 0 Å². The van der Waals surface area contributed by atoms with Crippen molar-refractivity contribution in [2.24, 2.45) is 0 Å². The molecule has 3 aromatic heterocycles.